The van der Waals surface area contributed by atoms with Gasteiger partial charge in [0.2, 0.25) is 0 Å². The van der Waals surface area contributed by atoms with Gasteiger partial charge in [-0.15, -0.1) is 0 Å². The summed E-state index contributed by atoms with van der Waals surface area (Å²) in [4.78, 5) is 10.9. The van der Waals surface area contributed by atoms with Crippen LogP contribution >= 0.6 is 15.9 Å². The fourth-order valence-electron chi connectivity index (χ4n) is 2.94. The number of ether oxygens (including phenoxy) is 2. The monoisotopic (exact) mass is 394 g/mol. The minimum absolute atomic E-state index is 0.180. The topological polar surface area (TPSA) is 35.5 Å². The third-order valence-corrected chi connectivity index (χ3v) is 5.16. The number of hydrogen-bond acceptors (Lipinski definition) is 3. The highest BCUT2D eigenvalue weighted by Gasteiger charge is 2.29. The number of alkyl halides is 2. The molecule has 3 atom stereocenters. The molecular weight excluding hydrogens is 363 g/mol. The van der Waals surface area contributed by atoms with Gasteiger partial charge in [-0.05, 0) is 32.1 Å². The van der Waals surface area contributed by atoms with Crippen molar-refractivity contribution in [2.45, 2.75) is 94.7 Å². The smallest absolute Gasteiger partial charge is 0.302 e. The molecule has 3 unspecified atom stereocenters. The van der Waals surface area contributed by atoms with Gasteiger partial charge in [0.1, 0.15) is 6.17 Å². The van der Waals surface area contributed by atoms with E-state index in [9.17, 15) is 9.18 Å². The van der Waals surface area contributed by atoms with E-state index in [1.807, 2.05) is 0 Å². The number of unbranched alkanes of at least 4 members (excludes halogenated alkanes) is 7. The summed E-state index contributed by atoms with van der Waals surface area (Å²) in [6.07, 6.45) is 10.7. The second-order valence-electron chi connectivity index (χ2n) is 6.50. The first-order valence-electron chi connectivity index (χ1n) is 9.12. The van der Waals surface area contributed by atoms with E-state index in [2.05, 4.69) is 15.9 Å². The lowest BCUT2D eigenvalue weighted by atomic mass is 9.96. The highest BCUT2D eigenvalue weighted by atomic mass is 79.9. The molecule has 0 bridgehead atoms. The van der Waals surface area contributed by atoms with E-state index in [0.29, 0.717) is 24.5 Å². The minimum atomic E-state index is -0.805. The molecule has 0 N–H and O–H groups in total. The molecule has 1 saturated carbocycles. The number of carbonyl (C=O) groups excluding carboxylic acids is 1. The molecule has 0 radical (unpaired) electrons. The zero-order valence-corrected chi connectivity index (χ0v) is 16.0. The van der Waals surface area contributed by atoms with E-state index in [1.165, 1.54) is 32.6 Å². The second-order valence-corrected chi connectivity index (χ2v) is 7.80. The molecular formula is C18H32BrFO3. The average molecular weight is 395 g/mol. The van der Waals surface area contributed by atoms with Crippen LogP contribution in [0, 0.1) is 0 Å². The molecule has 0 amide bonds. The zero-order valence-electron chi connectivity index (χ0n) is 14.4. The number of carbonyl (C=O) groups is 1. The van der Waals surface area contributed by atoms with Crippen LogP contribution in [-0.4, -0.2) is 36.3 Å². The molecule has 1 aliphatic rings. The summed E-state index contributed by atoms with van der Waals surface area (Å²) in [6.45, 7) is 2.70. The first-order chi connectivity index (χ1) is 11.1. The van der Waals surface area contributed by atoms with Crippen molar-refractivity contribution in [2.24, 2.45) is 0 Å². The summed E-state index contributed by atoms with van der Waals surface area (Å²) in [5.41, 5.74) is 0. The molecule has 0 saturated heterocycles. The molecule has 0 aliphatic heterocycles. The van der Waals surface area contributed by atoms with Crippen LogP contribution in [0.1, 0.15) is 77.6 Å². The molecule has 0 aromatic heterocycles. The van der Waals surface area contributed by atoms with Crippen LogP contribution in [0.25, 0.3) is 0 Å². The van der Waals surface area contributed by atoms with Crippen LogP contribution < -0.4 is 0 Å². The lowest BCUT2D eigenvalue weighted by Crippen LogP contribution is -2.33. The molecule has 23 heavy (non-hydrogen) atoms. The molecule has 0 aromatic rings. The number of esters is 1. The molecule has 3 nitrogen and oxygen atoms in total. The second kappa shape index (κ2) is 13.2. The zero-order chi connectivity index (χ0) is 16.9. The van der Waals surface area contributed by atoms with Crippen molar-refractivity contribution in [1.82, 2.24) is 0 Å². The van der Waals surface area contributed by atoms with Gasteiger partial charge in [-0.3, -0.25) is 4.79 Å². The molecule has 1 rings (SSSR count). The molecule has 0 aromatic carbocycles. The van der Waals surface area contributed by atoms with E-state index in [-0.39, 0.29) is 12.1 Å². The average Bonchev–Trinajstić information content (AvgIpc) is 2.50. The maximum atomic E-state index is 13.8. The fourth-order valence-corrected chi connectivity index (χ4v) is 3.56. The standard InChI is InChI=1S/C18H32BrFO3/c1-15(21)22-12-8-6-4-2-3-5-7-9-13-23-18-11-10-16(19)14-17(18)20/h16-18H,2-14H2,1H3. The van der Waals surface area contributed by atoms with Crippen LogP contribution in [-0.2, 0) is 14.3 Å². The maximum Gasteiger partial charge on any atom is 0.302 e. The molecule has 5 heteroatoms. The summed E-state index contributed by atoms with van der Waals surface area (Å²) >= 11 is 3.48. The summed E-state index contributed by atoms with van der Waals surface area (Å²) in [7, 11) is 0. The van der Waals surface area contributed by atoms with Crippen molar-refractivity contribution >= 4 is 21.9 Å². The Balaban J connectivity index is 1.80. The van der Waals surface area contributed by atoms with Gasteiger partial charge in [0, 0.05) is 18.4 Å². The third kappa shape index (κ3) is 11.1. The lowest BCUT2D eigenvalue weighted by Gasteiger charge is -2.29. The van der Waals surface area contributed by atoms with Crippen LogP contribution in [0.4, 0.5) is 4.39 Å². The van der Waals surface area contributed by atoms with Crippen molar-refractivity contribution in [3.05, 3.63) is 0 Å². The van der Waals surface area contributed by atoms with Crippen molar-refractivity contribution < 1.29 is 18.7 Å². The van der Waals surface area contributed by atoms with E-state index in [1.54, 1.807) is 0 Å². The van der Waals surface area contributed by atoms with Gasteiger partial charge in [-0.2, -0.15) is 0 Å². The molecule has 136 valence electrons. The Morgan fingerprint density at radius 3 is 2.13 bits per heavy atom. The predicted molar refractivity (Wildman–Crippen MR) is 94.8 cm³/mol. The number of hydrogen-bond donors (Lipinski definition) is 0. The summed E-state index contributed by atoms with van der Waals surface area (Å²) in [6, 6.07) is 0. The van der Waals surface area contributed by atoms with Gasteiger partial charge < -0.3 is 9.47 Å². The Hall–Kier alpha value is -0.160. The van der Waals surface area contributed by atoms with Gasteiger partial charge in [0.25, 0.3) is 0 Å². The van der Waals surface area contributed by atoms with Crippen LogP contribution in [0.5, 0.6) is 0 Å². The van der Waals surface area contributed by atoms with Gasteiger partial charge in [0.15, 0.2) is 0 Å². The van der Waals surface area contributed by atoms with Crippen molar-refractivity contribution in [2.75, 3.05) is 13.2 Å². The van der Waals surface area contributed by atoms with E-state index < -0.39 is 6.17 Å². The Morgan fingerprint density at radius 2 is 1.57 bits per heavy atom. The summed E-state index contributed by atoms with van der Waals surface area (Å²) in [5, 5.41) is 0. The van der Waals surface area contributed by atoms with Crippen molar-refractivity contribution in [1.29, 1.82) is 0 Å². The highest BCUT2D eigenvalue weighted by Crippen LogP contribution is 2.28. The lowest BCUT2D eigenvalue weighted by molar-refractivity contribution is -0.141. The Kier molecular flexibility index (Phi) is 12.0. The molecule has 1 aliphatic carbocycles. The summed E-state index contributed by atoms with van der Waals surface area (Å²) in [5.74, 6) is -0.188. The van der Waals surface area contributed by atoms with E-state index in [0.717, 1.165) is 38.5 Å². The molecule has 1 fully saturated rings. The SMILES string of the molecule is CC(=O)OCCCCCCCCCCOC1CCC(Br)CC1F. The summed E-state index contributed by atoms with van der Waals surface area (Å²) < 4.78 is 24.4. The number of halogens is 2. The van der Waals surface area contributed by atoms with Crippen molar-refractivity contribution in [3.8, 4) is 0 Å². The normalized spacial score (nSPS) is 24.6. The van der Waals surface area contributed by atoms with Gasteiger partial charge >= 0.3 is 5.97 Å². The van der Waals surface area contributed by atoms with Gasteiger partial charge in [0.05, 0.1) is 12.7 Å². The number of rotatable bonds is 12. The largest absolute Gasteiger partial charge is 0.466 e. The van der Waals surface area contributed by atoms with E-state index in [4.69, 9.17) is 9.47 Å². The quantitative estimate of drug-likeness (QED) is 0.254. The highest BCUT2D eigenvalue weighted by molar-refractivity contribution is 9.09. The van der Waals surface area contributed by atoms with Gasteiger partial charge in [-0.25, -0.2) is 4.39 Å². The molecule has 0 spiro atoms. The first-order valence-corrected chi connectivity index (χ1v) is 10.0. The Bertz CT molecular complexity index is 315. The third-order valence-electron chi connectivity index (χ3n) is 4.32. The van der Waals surface area contributed by atoms with Crippen LogP contribution in [0.3, 0.4) is 0 Å². The van der Waals surface area contributed by atoms with Crippen LogP contribution in [0.2, 0.25) is 0 Å². The van der Waals surface area contributed by atoms with Gasteiger partial charge in [-0.1, -0.05) is 54.5 Å². The Labute approximate surface area is 148 Å². The Morgan fingerprint density at radius 1 is 1.00 bits per heavy atom. The van der Waals surface area contributed by atoms with E-state index >= 15 is 0 Å². The van der Waals surface area contributed by atoms with Crippen LogP contribution in [0.15, 0.2) is 0 Å². The molecule has 0 heterocycles. The fraction of sp³-hybridized carbons (Fsp3) is 0.944. The minimum Gasteiger partial charge on any atom is -0.466 e. The van der Waals surface area contributed by atoms with Crippen molar-refractivity contribution in [3.63, 3.8) is 0 Å². The first kappa shape index (κ1) is 20.9. The predicted octanol–water partition coefficient (Wildman–Crippen LogP) is 5.34. The maximum absolute atomic E-state index is 13.8.